The van der Waals surface area contributed by atoms with E-state index in [4.69, 9.17) is 9.47 Å². The van der Waals surface area contributed by atoms with E-state index in [9.17, 15) is 4.79 Å². The largest absolute Gasteiger partial charge is 0.493 e. The topological polar surface area (TPSA) is 85.4 Å². The van der Waals surface area contributed by atoms with Crippen molar-refractivity contribution in [3.8, 4) is 11.5 Å². The molecule has 0 bridgehead atoms. The maximum Gasteiger partial charge on any atom is 0.224 e. The Morgan fingerprint density at radius 3 is 2.47 bits per heavy atom. The van der Waals surface area contributed by atoms with Gasteiger partial charge in [0.25, 0.3) is 0 Å². The van der Waals surface area contributed by atoms with Crippen LogP contribution in [0.3, 0.4) is 0 Å². The Bertz CT molecular complexity index is 990. The second-order valence-corrected chi connectivity index (χ2v) is 6.71. The van der Waals surface area contributed by atoms with E-state index < -0.39 is 0 Å². The molecule has 1 amide bonds. The van der Waals surface area contributed by atoms with Crippen molar-refractivity contribution in [2.45, 2.75) is 26.7 Å². The Morgan fingerprint density at radius 2 is 1.77 bits per heavy atom. The van der Waals surface area contributed by atoms with Crippen LogP contribution >= 0.6 is 0 Å². The summed E-state index contributed by atoms with van der Waals surface area (Å²) in [5.74, 6) is 2.07. The van der Waals surface area contributed by atoms with E-state index in [1.165, 1.54) is 6.33 Å². The zero-order valence-corrected chi connectivity index (χ0v) is 17.4. The number of ether oxygens (including phenoxy) is 2. The molecule has 0 radical (unpaired) electrons. The fraction of sp³-hybridized carbons (Fsp3) is 0.261. The van der Waals surface area contributed by atoms with Crippen molar-refractivity contribution in [1.82, 2.24) is 9.97 Å². The summed E-state index contributed by atoms with van der Waals surface area (Å²) < 4.78 is 10.9. The summed E-state index contributed by atoms with van der Waals surface area (Å²) in [7, 11) is 1.61. The monoisotopic (exact) mass is 406 g/mol. The quantitative estimate of drug-likeness (QED) is 0.544. The number of hydrogen-bond donors (Lipinski definition) is 2. The molecule has 0 saturated carbocycles. The van der Waals surface area contributed by atoms with Crippen LogP contribution in [0.1, 0.15) is 24.6 Å². The SMILES string of the molecule is CCOc1ccc(CCC(=O)Nc2ccc(Nc3cc(C)ncn3)cc2)cc1OC. The number of rotatable bonds is 9. The van der Waals surface area contributed by atoms with Crippen LogP contribution in [0.15, 0.2) is 54.9 Å². The van der Waals surface area contributed by atoms with E-state index in [1.807, 2.05) is 62.4 Å². The second kappa shape index (κ2) is 10.2. The number of carbonyl (C=O) groups is 1. The van der Waals surface area contributed by atoms with Gasteiger partial charge >= 0.3 is 0 Å². The summed E-state index contributed by atoms with van der Waals surface area (Å²) >= 11 is 0. The molecule has 3 rings (SSSR count). The Morgan fingerprint density at radius 1 is 1.00 bits per heavy atom. The van der Waals surface area contributed by atoms with Crippen LogP contribution in [-0.4, -0.2) is 29.6 Å². The minimum absolute atomic E-state index is 0.0463. The Balaban J connectivity index is 1.52. The molecule has 1 aromatic heterocycles. The zero-order chi connectivity index (χ0) is 21.3. The van der Waals surface area contributed by atoms with Crippen LogP contribution < -0.4 is 20.1 Å². The maximum absolute atomic E-state index is 12.3. The van der Waals surface area contributed by atoms with Crippen molar-refractivity contribution >= 4 is 23.1 Å². The summed E-state index contributed by atoms with van der Waals surface area (Å²) in [6.07, 6.45) is 2.50. The number of nitrogens with zero attached hydrogens (tertiary/aromatic N) is 2. The molecule has 7 nitrogen and oxygen atoms in total. The Kier molecular flexibility index (Phi) is 7.21. The molecule has 156 valence electrons. The highest BCUT2D eigenvalue weighted by atomic mass is 16.5. The van der Waals surface area contributed by atoms with Gasteiger partial charge in [-0.15, -0.1) is 0 Å². The third kappa shape index (κ3) is 5.94. The molecule has 7 heteroatoms. The molecular weight excluding hydrogens is 380 g/mol. The maximum atomic E-state index is 12.3. The molecule has 2 aromatic carbocycles. The lowest BCUT2D eigenvalue weighted by atomic mass is 10.1. The van der Waals surface area contributed by atoms with Gasteiger partial charge in [-0.1, -0.05) is 6.07 Å². The van der Waals surface area contributed by atoms with Gasteiger partial charge in [-0.25, -0.2) is 9.97 Å². The predicted molar refractivity (Wildman–Crippen MR) is 118 cm³/mol. The fourth-order valence-electron chi connectivity index (χ4n) is 2.93. The fourth-order valence-corrected chi connectivity index (χ4v) is 2.93. The molecule has 0 fully saturated rings. The molecule has 30 heavy (non-hydrogen) atoms. The van der Waals surface area contributed by atoms with Crippen LogP contribution in [0, 0.1) is 6.92 Å². The van der Waals surface area contributed by atoms with Gasteiger partial charge in [-0.3, -0.25) is 4.79 Å². The summed E-state index contributed by atoms with van der Waals surface area (Å²) in [6, 6.07) is 15.1. The van der Waals surface area contributed by atoms with Gasteiger partial charge in [-0.2, -0.15) is 0 Å². The van der Waals surface area contributed by atoms with Gasteiger partial charge in [0.1, 0.15) is 12.1 Å². The number of hydrogen-bond acceptors (Lipinski definition) is 6. The molecule has 0 atom stereocenters. The molecule has 2 N–H and O–H groups in total. The first-order valence-electron chi connectivity index (χ1n) is 9.82. The highest BCUT2D eigenvalue weighted by molar-refractivity contribution is 5.91. The number of aryl methyl sites for hydroxylation is 2. The van der Waals surface area contributed by atoms with Gasteiger partial charge in [0.05, 0.1) is 13.7 Å². The third-order valence-corrected chi connectivity index (χ3v) is 4.41. The van der Waals surface area contributed by atoms with Gasteiger partial charge in [-0.05, 0) is 62.2 Å². The lowest BCUT2D eigenvalue weighted by Gasteiger charge is -2.11. The first-order valence-corrected chi connectivity index (χ1v) is 9.82. The molecule has 1 heterocycles. The Hall–Kier alpha value is -3.61. The minimum atomic E-state index is -0.0463. The van der Waals surface area contributed by atoms with E-state index in [-0.39, 0.29) is 5.91 Å². The van der Waals surface area contributed by atoms with Crippen molar-refractivity contribution in [3.63, 3.8) is 0 Å². The van der Waals surface area contributed by atoms with Crippen molar-refractivity contribution < 1.29 is 14.3 Å². The van der Waals surface area contributed by atoms with Gasteiger partial charge in [0, 0.05) is 29.6 Å². The molecule has 0 aliphatic heterocycles. The van der Waals surface area contributed by atoms with E-state index >= 15 is 0 Å². The highest BCUT2D eigenvalue weighted by Crippen LogP contribution is 2.28. The molecule has 0 saturated heterocycles. The first-order chi connectivity index (χ1) is 14.6. The van der Waals surface area contributed by atoms with Gasteiger partial charge in [0.15, 0.2) is 11.5 Å². The van der Waals surface area contributed by atoms with Crippen LogP contribution in [0.5, 0.6) is 11.5 Å². The number of methoxy groups -OCH3 is 1. The normalized spacial score (nSPS) is 10.4. The molecule has 0 unspecified atom stereocenters. The lowest BCUT2D eigenvalue weighted by Crippen LogP contribution is -2.12. The van der Waals surface area contributed by atoms with Crippen molar-refractivity contribution in [3.05, 3.63) is 66.1 Å². The molecule has 3 aromatic rings. The van der Waals surface area contributed by atoms with Crippen LogP contribution in [0.4, 0.5) is 17.2 Å². The van der Waals surface area contributed by atoms with E-state index in [0.717, 1.165) is 28.5 Å². The molecule has 0 spiro atoms. The van der Waals surface area contributed by atoms with Gasteiger partial charge in [0.2, 0.25) is 5.91 Å². The van der Waals surface area contributed by atoms with Crippen molar-refractivity contribution in [2.24, 2.45) is 0 Å². The number of amides is 1. The predicted octanol–water partition coefficient (Wildman–Crippen LogP) is 4.51. The smallest absolute Gasteiger partial charge is 0.224 e. The number of benzene rings is 2. The van der Waals surface area contributed by atoms with E-state index in [1.54, 1.807) is 7.11 Å². The van der Waals surface area contributed by atoms with Crippen LogP contribution in [-0.2, 0) is 11.2 Å². The van der Waals surface area contributed by atoms with Gasteiger partial charge < -0.3 is 20.1 Å². The molecule has 0 aliphatic rings. The number of nitrogens with one attached hydrogen (secondary N) is 2. The average Bonchev–Trinajstić information content (AvgIpc) is 2.74. The van der Waals surface area contributed by atoms with Crippen LogP contribution in [0.25, 0.3) is 0 Å². The minimum Gasteiger partial charge on any atom is -0.493 e. The zero-order valence-electron chi connectivity index (χ0n) is 17.4. The summed E-state index contributed by atoms with van der Waals surface area (Å²) in [5.41, 5.74) is 3.54. The lowest BCUT2D eigenvalue weighted by molar-refractivity contribution is -0.116. The summed E-state index contributed by atoms with van der Waals surface area (Å²) in [6.45, 7) is 4.41. The van der Waals surface area contributed by atoms with E-state index in [0.29, 0.717) is 30.9 Å². The number of aromatic nitrogens is 2. The molecular formula is C23H26N4O3. The van der Waals surface area contributed by atoms with Crippen molar-refractivity contribution in [2.75, 3.05) is 24.4 Å². The first kappa shape index (κ1) is 21.1. The third-order valence-electron chi connectivity index (χ3n) is 4.41. The van der Waals surface area contributed by atoms with Crippen molar-refractivity contribution in [1.29, 1.82) is 0 Å². The van der Waals surface area contributed by atoms with Crippen LogP contribution in [0.2, 0.25) is 0 Å². The second-order valence-electron chi connectivity index (χ2n) is 6.71. The van der Waals surface area contributed by atoms with E-state index in [2.05, 4.69) is 20.6 Å². The number of carbonyl (C=O) groups excluding carboxylic acids is 1. The summed E-state index contributed by atoms with van der Waals surface area (Å²) in [4.78, 5) is 20.6. The number of anilines is 3. The Labute approximate surface area is 176 Å². The summed E-state index contributed by atoms with van der Waals surface area (Å²) in [5, 5.41) is 6.13. The average molecular weight is 406 g/mol. The highest BCUT2D eigenvalue weighted by Gasteiger charge is 2.08. The molecule has 0 aliphatic carbocycles. The standard InChI is InChI=1S/C23H26N4O3/c1-4-30-20-11-5-17(14-21(20)29-3)6-12-23(28)27-19-9-7-18(8-10-19)26-22-13-16(2)24-15-25-22/h5,7-11,13-15H,4,6,12H2,1-3H3,(H,27,28)(H,24,25,26).